The molecule has 2 amide bonds. The number of anilines is 1. The molecule has 2 fully saturated rings. The lowest BCUT2D eigenvalue weighted by molar-refractivity contribution is -0.182. The minimum Gasteiger partial charge on any atom is -0.471 e. The molecule has 1 aliphatic heterocycles. The molecule has 2 aromatic rings. The Hall–Kier alpha value is -3.33. The topological polar surface area (TPSA) is 105 Å². The number of amides is 2. The molecule has 8 nitrogen and oxygen atoms in total. The number of carbonyl (C=O) groups is 2. The highest BCUT2D eigenvalue weighted by Gasteiger charge is 2.61. The molecule has 2 saturated carbocycles. The highest BCUT2D eigenvalue weighted by Crippen LogP contribution is 2.48. The summed E-state index contributed by atoms with van der Waals surface area (Å²) in [4.78, 5) is 33.6. The molecule has 1 aromatic carbocycles. The molecule has 17 heteroatoms. The van der Waals surface area contributed by atoms with Crippen LogP contribution in [0.15, 0.2) is 23.2 Å². The lowest BCUT2D eigenvalue weighted by Crippen LogP contribution is -2.40. The largest absolute Gasteiger partial charge is 0.471 e. The standard InChI is InChI=1S/C28H26Cl2F7N5O3/c29-18-6-1-12(10-38-25(44)17-9-27(17,33)34)21(30)22(18)40-20-8-13-7-16(26(42-23(13)41-20)45-11-19(31)32)24(43)39-15-4-2-14(3-5-15)28(35,36)37/h1,6-7,14-15,17,19H,2-5,8-11H2,(H,38,44)(H,39,43)(H,40,41,42). The van der Waals surface area contributed by atoms with Crippen molar-refractivity contribution in [2.45, 2.75) is 69.6 Å². The van der Waals surface area contributed by atoms with E-state index in [0.717, 1.165) is 0 Å². The summed E-state index contributed by atoms with van der Waals surface area (Å²) in [5, 5.41) is 8.29. The molecule has 0 bridgehead atoms. The minimum atomic E-state index is -4.32. The summed E-state index contributed by atoms with van der Waals surface area (Å²) in [5.74, 6) is -7.50. The average molecular weight is 684 g/mol. The van der Waals surface area contributed by atoms with E-state index in [2.05, 4.69) is 25.9 Å². The van der Waals surface area contributed by atoms with Crippen LogP contribution in [0, 0.1) is 11.8 Å². The predicted octanol–water partition coefficient (Wildman–Crippen LogP) is 6.85. The first-order valence-corrected chi connectivity index (χ1v) is 14.7. The molecule has 45 heavy (non-hydrogen) atoms. The Kier molecular flexibility index (Phi) is 9.41. The van der Waals surface area contributed by atoms with Crippen molar-refractivity contribution in [1.82, 2.24) is 15.6 Å². The summed E-state index contributed by atoms with van der Waals surface area (Å²) in [5.41, 5.74) is 0.795. The van der Waals surface area contributed by atoms with Gasteiger partial charge in [0.05, 0.1) is 21.7 Å². The summed E-state index contributed by atoms with van der Waals surface area (Å²) in [6.07, 6.45) is -7.76. The van der Waals surface area contributed by atoms with Crippen LogP contribution >= 0.6 is 23.2 Å². The van der Waals surface area contributed by atoms with Gasteiger partial charge in [-0.15, -0.1) is 0 Å². The van der Waals surface area contributed by atoms with Crippen molar-refractivity contribution in [1.29, 1.82) is 0 Å². The van der Waals surface area contributed by atoms with Gasteiger partial charge in [-0.1, -0.05) is 29.3 Å². The number of nitrogens with one attached hydrogen (secondary N) is 3. The van der Waals surface area contributed by atoms with Crippen molar-refractivity contribution in [3.05, 3.63) is 44.9 Å². The van der Waals surface area contributed by atoms with E-state index in [1.807, 2.05) is 0 Å². The quantitative estimate of drug-likeness (QED) is 0.251. The number of aliphatic imine (C=N–C) groups is 1. The third-order valence-electron chi connectivity index (χ3n) is 7.79. The van der Waals surface area contributed by atoms with Gasteiger partial charge in [0.15, 0.2) is 12.4 Å². The summed E-state index contributed by atoms with van der Waals surface area (Å²) < 4.78 is 96.5. The molecule has 0 spiro atoms. The molecule has 2 aliphatic carbocycles. The van der Waals surface area contributed by atoms with Crippen molar-refractivity contribution >= 4 is 52.4 Å². The number of hydrogen-bond acceptors (Lipinski definition) is 6. The van der Waals surface area contributed by atoms with Crippen LogP contribution in [0.25, 0.3) is 0 Å². The second-order valence-corrected chi connectivity index (χ2v) is 11.9. The molecule has 5 rings (SSSR count). The number of amidine groups is 1. The van der Waals surface area contributed by atoms with Crippen LogP contribution < -0.4 is 20.7 Å². The van der Waals surface area contributed by atoms with E-state index in [0.29, 0.717) is 11.1 Å². The number of carbonyl (C=O) groups excluding carboxylic acids is 2. The number of pyridine rings is 1. The van der Waals surface area contributed by atoms with Crippen molar-refractivity contribution in [3.63, 3.8) is 0 Å². The highest BCUT2D eigenvalue weighted by molar-refractivity contribution is 6.40. The van der Waals surface area contributed by atoms with E-state index in [9.17, 15) is 40.3 Å². The first kappa shape index (κ1) is 33.0. The van der Waals surface area contributed by atoms with Gasteiger partial charge in [-0.3, -0.25) is 9.59 Å². The van der Waals surface area contributed by atoms with E-state index in [4.69, 9.17) is 27.9 Å². The monoisotopic (exact) mass is 683 g/mol. The van der Waals surface area contributed by atoms with Crippen molar-refractivity contribution in [2.24, 2.45) is 16.8 Å². The summed E-state index contributed by atoms with van der Waals surface area (Å²) >= 11 is 12.8. The van der Waals surface area contributed by atoms with Crippen molar-refractivity contribution in [3.8, 4) is 5.88 Å². The van der Waals surface area contributed by atoms with Crippen LogP contribution in [-0.2, 0) is 17.8 Å². The number of rotatable bonds is 9. The Morgan fingerprint density at radius 1 is 1.11 bits per heavy atom. The second kappa shape index (κ2) is 12.8. The van der Waals surface area contributed by atoms with Crippen LogP contribution in [-0.4, -0.2) is 53.8 Å². The molecule has 1 atom stereocenters. The third kappa shape index (κ3) is 7.74. The number of aromatic nitrogens is 1. The van der Waals surface area contributed by atoms with E-state index in [1.165, 1.54) is 18.2 Å². The maximum atomic E-state index is 13.2. The molecule has 3 N–H and O–H groups in total. The van der Waals surface area contributed by atoms with Gasteiger partial charge in [0.1, 0.15) is 17.3 Å². The molecule has 2 heterocycles. The number of nitrogens with zero attached hydrogens (tertiary/aromatic N) is 2. The van der Waals surface area contributed by atoms with Gasteiger partial charge >= 0.3 is 6.18 Å². The fourth-order valence-corrected chi connectivity index (χ4v) is 5.74. The Morgan fingerprint density at radius 3 is 2.42 bits per heavy atom. The lowest BCUT2D eigenvalue weighted by atomic mass is 9.85. The number of ether oxygens (including phenoxy) is 1. The fourth-order valence-electron chi connectivity index (χ4n) is 5.21. The van der Waals surface area contributed by atoms with Gasteiger partial charge in [-0.25, -0.2) is 22.6 Å². The van der Waals surface area contributed by atoms with Crippen LogP contribution in [0.2, 0.25) is 10.0 Å². The summed E-state index contributed by atoms with van der Waals surface area (Å²) in [6, 6.07) is 3.80. The predicted molar refractivity (Wildman–Crippen MR) is 151 cm³/mol. The highest BCUT2D eigenvalue weighted by atomic mass is 35.5. The molecule has 1 aromatic heterocycles. The number of hydrogen-bond donors (Lipinski definition) is 3. The fraction of sp³-hybridized carbons (Fsp3) is 0.500. The zero-order valence-electron chi connectivity index (χ0n) is 23.2. The van der Waals surface area contributed by atoms with Gasteiger partial charge in [-0.05, 0) is 43.4 Å². The summed E-state index contributed by atoms with van der Waals surface area (Å²) in [7, 11) is 0. The summed E-state index contributed by atoms with van der Waals surface area (Å²) in [6.45, 7) is -1.21. The van der Waals surface area contributed by atoms with Gasteiger partial charge in [0.2, 0.25) is 11.8 Å². The van der Waals surface area contributed by atoms with Crippen molar-refractivity contribution < 1.29 is 45.1 Å². The maximum Gasteiger partial charge on any atom is 0.391 e. The Bertz CT molecular complexity index is 1510. The maximum absolute atomic E-state index is 13.2. The molecule has 3 aliphatic rings. The zero-order chi connectivity index (χ0) is 32.7. The van der Waals surface area contributed by atoms with Gasteiger partial charge in [0.25, 0.3) is 18.3 Å². The number of halogens is 9. The van der Waals surface area contributed by atoms with Gasteiger partial charge < -0.3 is 20.7 Å². The van der Waals surface area contributed by atoms with Crippen LogP contribution in [0.1, 0.15) is 53.6 Å². The Labute approximate surface area is 262 Å². The normalized spacial score (nSPS) is 22.0. The molecular formula is C28H26Cl2F7N5O3. The van der Waals surface area contributed by atoms with Crippen LogP contribution in [0.5, 0.6) is 5.88 Å². The number of benzene rings is 1. The third-order valence-corrected chi connectivity index (χ3v) is 8.54. The SMILES string of the molecule is O=C(NC1CCC(C(F)(F)F)CC1)c1cc2c(nc1OCC(F)F)N=C(Nc1c(Cl)ccc(CNC(=O)C3CC3(F)F)c1Cl)C2. The minimum absolute atomic E-state index is 0.0602. The average Bonchev–Trinajstić information content (AvgIpc) is 3.43. The van der Waals surface area contributed by atoms with Crippen molar-refractivity contribution in [2.75, 3.05) is 11.9 Å². The Morgan fingerprint density at radius 2 is 1.80 bits per heavy atom. The molecular weight excluding hydrogens is 658 g/mol. The molecule has 244 valence electrons. The first-order valence-electron chi connectivity index (χ1n) is 13.9. The van der Waals surface area contributed by atoms with Gasteiger partial charge in [0, 0.05) is 31.0 Å². The first-order chi connectivity index (χ1) is 21.1. The zero-order valence-corrected chi connectivity index (χ0v) is 24.7. The van der Waals surface area contributed by atoms with E-state index in [-0.39, 0.29) is 71.6 Å². The van der Waals surface area contributed by atoms with E-state index in [1.54, 1.807) is 0 Å². The van der Waals surface area contributed by atoms with Crippen LogP contribution in [0.4, 0.5) is 42.2 Å². The smallest absolute Gasteiger partial charge is 0.391 e. The molecule has 0 radical (unpaired) electrons. The lowest BCUT2D eigenvalue weighted by Gasteiger charge is -2.30. The van der Waals surface area contributed by atoms with E-state index < -0.39 is 67.1 Å². The van der Waals surface area contributed by atoms with Crippen LogP contribution in [0.3, 0.4) is 0 Å². The van der Waals surface area contributed by atoms with Gasteiger partial charge in [-0.2, -0.15) is 18.2 Å². The molecule has 0 saturated heterocycles. The number of alkyl halides is 7. The second-order valence-electron chi connectivity index (χ2n) is 11.1. The number of fused-ring (bicyclic) bond motifs is 1. The Balaban J connectivity index is 1.29. The molecule has 1 unspecified atom stereocenters. The van der Waals surface area contributed by atoms with E-state index >= 15 is 0 Å².